The Labute approximate surface area is 77.8 Å². The van der Waals surface area contributed by atoms with Crippen LogP contribution in [0.3, 0.4) is 0 Å². The van der Waals surface area contributed by atoms with Gasteiger partial charge in [0.25, 0.3) is 0 Å². The lowest BCUT2D eigenvalue weighted by molar-refractivity contribution is 0.362. The van der Waals surface area contributed by atoms with Crippen molar-refractivity contribution in [1.29, 1.82) is 0 Å². The van der Waals surface area contributed by atoms with Crippen LogP contribution < -0.4 is 4.74 Å². The summed E-state index contributed by atoms with van der Waals surface area (Å²) in [7, 11) is 0. The monoisotopic (exact) mass is 175 g/mol. The van der Waals surface area contributed by atoms with E-state index in [9.17, 15) is 4.79 Å². The number of allylic oxidation sites excluding steroid dienone is 1. The fraction of sp³-hybridized carbons (Fsp3) is 0.182. The van der Waals surface area contributed by atoms with Crippen LogP contribution in [0.2, 0.25) is 0 Å². The molecule has 0 saturated carbocycles. The van der Waals surface area contributed by atoms with E-state index in [1.165, 1.54) is 0 Å². The lowest BCUT2D eigenvalue weighted by Crippen LogP contribution is -2.00. The first-order valence-electron chi connectivity index (χ1n) is 4.05. The van der Waals surface area contributed by atoms with E-state index in [2.05, 4.69) is 6.58 Å². The predicted molar refractivity (Wildman–Crippen MR) is 51.5 cm³/mol. The van der Waals surface area contributed by atoms with E-state index in [4.69, 9.17) is 4.74 Å². The number of ether oxygens (including phenoxy) is 1. The Hall–Kier alpha value is -1.57. The Morgan fingerprint density at radius 2 is 2.23 bits per heavy atom. The van der Waals surface area contributed by atoms with Crippen LogP contribution in [0.4, 0.5) is 0 Å². The van der Waals surface area contributed by atoms with Gasteiger partial charge in [-0.3, -0.25) is 4.79 Å². The van der Waals surface area contributed by atoms with Gasteiger partial charge in [-0.1, -0.05) is 24.3 Å². The van der Waals surface area contributed by atoms with E-state index >= 15 is 0 Å². The zero-order valence-corrected chi connectivity index (χ0v) is 7.32. The lowest BCUT2D eigenvalue weighted by Gasteiger charge is -2.06. The lowest BCUT2D eigenvalue weighted by atomic mass is 10.1. The van der Waals surface area contributed by atoms with Crippen LogP contribution >= 0.6 is 0 Å². The molecule has 0 aliphatic rings. The molecule has 0 saturated heterocycles. The van der Waals surface area contributed by atoms with Crippen molar-refractivity contribution < 1.29 is 9.53 Å². The summed E-state index contributed by atoms with van der Waals surface area (Å²) in [5, 5.41) is 0. The predicted octanol–water partition coefficient (Wildman–Crippen LogP) is 1.90. The van der Waals surface area contributed by atoms with Crippen molar-refractivity contribution >= 4 is 6.29 Å². The highest BCUT2D eigenvalue weighted by Gasteiger charge is 1.99. The Balaban J connectivity index is 2.77. The van der Waals surface area contributed by atoms with Crippen LogP contribution in [0, 0.1) is 0 Å². The molecule has 0 bridgehead atoms. The number of para-hydroxylation sites is 1. The highest BCUT2D eigenvalue weighted by molar-refractivity contribution is 5.52. The van der Waals surface area contributed by atoms with Crippen LogP contribution in [-0.4, -0.2) is 12.9 Å². The molecule has 0 amide bonds. The second-order valence-electron chi connectivity index (χ2n) is 2.53. The molecule has 0 atom stereocenters. The van der Waals surface area contributed by atoms with E-state index in [0.717, 1.165) is 17.7 Å². The fourth-order valence-electron chi connectivity index (χ4n) is 1.08. The fourth-order valence-corrected chi connectivity index (χ4v) is 1.08. The molecule has 0 heterocycles. The van der Waals surface area contributed by atoms with E-state index in [0.29, 0.717) is 0 Å². The third-order valence-corrected chi connectivity index (χ3v) is 1.62. The summed E-state index contributed by atoms with van der Waals surface area (Å²) in [5.41, 5.74) is 1.03. The molecule has 1 radical (unpaired) electrons. The normalized spacial score (nSPS) is 9.23. The Morgan fingerprint density at radius 3 is 2.92 bits per heavy atom. The summed E-state index contributed by atoms with van der Waals surface area (Å²) < 4.78 is 5.17. The maximum Gasteiger partial charge on any atom is 0.239 e. The van der Waals surface area contributed by atoms with E-state index in [1.807, 2.05) is 24.3 Å². The molecule has 0 spiro atoms. The van der Waals surface area contributed by atoms with Gasteiger partial charge in [0.2, 0.25) is 6.29 Å². The van der Waals surface area contributed by atoms with Crippen molar-refractivity contribution in [2.45, 2.75) is 6.42 Å². The van der Waals surface area contributed by atoms with Gasteiger partial charge in [-0.05, 0) is 18.1 Å². The molecule has 2 heteroatoms. The van der Waals surface area contributed by atoms with Crippen molar-refractivity contribution in [3.63, 3.8) is 0 Å². The summed E-state index contributed by atoms with van der Waals surface area (Å²) in [6.45, 7) is 3.62. The molecule has 67 valence electrons. The molecule has 0 fully saturated rings. The molecule has 0 unspecified atom stereocenters. The van der Waals surface area contributed by atoms with Gasteiger partial charge in [0.1, 0.15) is 5.75 Å². The van der Waals surface area contributed by atoms with Crippen molar-refractivity contribution in [3.05, 3.63) is 42.5 Å². The summed E-state index contributed by atoms with van der Waals surface area (Å²) in [5.74, 6) is 0.728. The first kappa shape index (κ1) is 9.52. The van der Waals surface area contributed by atoms with Gasteiger partial charge in [-0.2, -0.15) is 0 Å². The van der Waals surface area contributed by atoms with Crippen molar-refractivity contribution in [3.8, 4) is 5.75 Å². The molecular weight excluding hydrogens is 164 g/mol. The highest BCUT2D eigenvalue weighted by atomic mass is 16.5. The number of hydrogen-bond donors (Lipinski definition) is 0. The van der Waals surface area contributed by atoms with Gasteiger partial charge < -0.3 is 4.74 Å². The van der Waals surface area contributed by atoms with Crippen LogP contribution in [0.25, 0.3) is 0 Å². The van der Waals surface area contributed by atoms with Gasteiger partial charge in [0.15, 0.2) is 6.61 Å². The van der Waals surface area contributed by atoms with Crippen LogP contribution in [0.15, 0.2) is 36.9 Å². The van der Waals surface area contributed by atoms with E-state index < -0.39 is 0 Å². The van der Waals surface area contributed by atoms with Crippen LogP contribution in [-0.2, 0) is 11.2 Å². The Kier molecular flexibility index (Phi) is 3.76. The first-order valence-corrected chi connectivity index (χ1v) is 4.05. The van der Waals surface area contributed by atoms with Crippen molar-refractivity contribution in [1.82, 2.24) is 0 Å². The van der Waals surface area contributed by atoms with Gasteiger partial charge >= 0.3 is 0 Å². The molecule has 1 aromatic carbocycles. The molecule has 1 aromatic rings. The number of benzene rings is 1. The zero-order valence-electron chi connectivity index (χ0n) is 7.32. The Bertz CT molecular complexity index is 292. The largest absolute Gasteiger partial charge is 0.485 e. The molecule has 0 N–H and O–H groups in total. The average Bonchev–Trinajstić information content (AvgIpc) is 2.17. The third kappa shape index (κ3) is 2.75. The zero-order chi connectivity index (χ0) is 9.52. The van der Waals surface area contributed by atoms with Gasteiger partial charge in [0.05, 0.1) is 0 Å². The van der Waals surface area contributed by atoms with E-state index in [1.54, 1.807) is 12.4 Å². The average molecular weight is 175 g/mol. The molecule has 0 aliphatic heterocycles. The van der Waals surface area contributed by atoms with E-state index in [-0.39, 0.29) is 6.61 Å². The van der Waals surface area contributed by atoms with Crippen molar-refractivity contribution in [2.75, 3.05) is 6.61 Å². The minimum absolute atomic E-state index is 0.0197. The topological polar surface area (TPSA) is 26.3 Å². The van der Waals surface area contributed by atoms with Gasteiger partial charge in [0, 0.05) is 0 Å². The summed E-state index contributed by atoms with van der Waals surface area (Å²) in [6, 6.07) is 7.57. The first-order chi connectivity index (χ1) is 6.38. The SMILES string of the molecule is C=CCc1ccccc1OC[C]=O. The van der Waals surface area contributed by atoms with Crippen molar-refractivity contribution in [2.24, 2.45) is 0 Å². The number of carbonyl (C=O) groups excluding carboxylic acids is 1. The maximum atomic E-state index is 9.98. The summed E-state index contributed by atoms with van der Waals surface area (Å²) in [4.78, 5) is 9.98. The van der Waals surface area contributed by atoms with Gasteiger partial charge in [-0.25, -0.2) is 0 Å². The quantitative estimate of drug-likeness (QED) is 0.639. The van der Waals surface area contributed by atoms with Crippen LogP contribution in [0.1, 0.15) is 5.56 Å². The smallest absolute Gasteiger partial charge is 0.239 e. The summed E-state index contributed by atoms with van der Waals surface area (Å²) >= 11 is 0. The minimum Gasteiger partial charge on any atom is -0.485 e. The minimum atomic E-state index is -0.0197. The standard InChI is InChI=1S/C11H11O2/c1-2-5-10-6-3-4-7-11(10)13-9-8-12/h2-4,6-7H,1,5,9H2. The molecule has 13 heavy (non-hydrogen) atoms. The second kappa shape index (κ2) is 5.14. The second-order valence-corrected chi connectivity index (χ2v) is 2.53. The third-order valence-electron chi connectivity index (χ3n) is 1.62. The van der Waals surface area contributed by atoms with Gasteiger partial charge in [-0.15, -0.1) is 6.58 Å². The van der Waals surface area contributed by atoms with Crippen LogP contribution in [0.5, 0.6) is 5.75 Å². The number of rotatable bonds is 5. The maximum absolute atomic E-state index is 9.98. The molecule has 2 nitrogen and oxygen atoms in total. The highest BCUT2D eigenvalue weighted by Crippen LogP contribution is 2.18. The molecule has 1 rings (SSSR count). The Morgan fingerprint density at radius 1 is 1.46 bits per heavy atom. The molecule has 0 aliphatic carbocycles. The summed E-state index contributed by atoms with van der Waals surface area (Å²) in [6.07, 6.45) is 4.23. The molecule has 0 aromatic heterocycles. The number of hydrogen-bond acceptors (Lipinski definition) is 2. The molecular formula is C11H11O2.